The van der Waals surface area contributed by atoms with E-state index in [1.54, 1.807) is 6.08 Å². The number of rotatable bonds is 4. The van der Waals surface area contributed by atoms with Crippen LogP contribution in [-0.2, 0) is 9.53 Å². The summed E-state index contributed by atoms with van der Waals surface area (Å²) in [6.45, 7) is 6.69. The van der Waals surface area contributed by atoms with E-state index in [1.165, 1.54) is 12.8 Å². The Labute approximate surface area is 128 Å². The summed E-state index contributed by atoms with van der Waals surface area (Å²) in [5, 5.41) is 0. The molecule has 0 heterocycles. The topological polar surface area (TPSA) is 26.3 Å². The average molecular weight is 286 g/mol. The van der Waals surface area contributed by atoms with Crippen LogP contribution < -0.4 is 0 Å². The van der Waals surface area contributed by atoms with E-state index in [9.17, 15) is 4.79 Å². The van der Waals surface area contributed by atoms with Gasteiger partial charge in [-0.3, -0.25) is 0 Å². The Bertz CT molecular complexity index is 476. The summed E-state index contributed by atoms with van der Waals surface area (Å²) < 4.78 is 5.73. The third-order valence-corrected chi connectivity index (χ3v) is 4.44. The van der Waals surface area contributed by atoms with Gasteiger partial charge < -0.3 is 4.74 Å². The van der Waals surface area contributed by atoms with Gasteiger partial charge in [0.2, 0.25) is 0 Å². The smallest absolute Gasteiger partial charge is 0.331 e. The number of hydrogen-bond acceptors (Lipinski definition) is 2. The van der Waals surface area contributed by atoms with E-state index < -0.39 is 0 Å². The zero-order chi connectivity index (χ0) is 15.2. The fourth-order valence-corrected chi connectivity index (χ4v) is 3.17. The Morgan fingerprint density at radius 3 is 2.62 bits per heavy atom. The quantitative estimate of drug-likeness (QED) is 0.592. The molecule has 1 aliphatic rings. The number of carbonyl (C=O) groups excluding carboxylic acids is 1. The first-order valence-corrected chi connectivity index (χ1v) is 8.00. The first-order valence-electron chi connectivity index (χ1n) is 8.00. The first kappa shape index (κ1) is 15.8. The molecule has 0 N–H and O–H groups in total. The van der Waals surface area contributed by atoms with Crippen molar-refractivity contribution < 1.29 is 9.53 Å². The summed E-state index contributed by atoms with van der Waals surface area (Å²) in [7, 11) is 0. The molecule has 3 atom stereocenters. The van der Waals surface area contributed by atoms with Gasteiger partial charge in [-0.2, -0.15) is 0 Å². The maximum absolute atomic E-state index is 12.1. The molecule has 2 heteroatoms. The molecule has 2 nitrogen and oxygen atoms in total. The van der Waals surface area contributed by atoms with Gasteiger partial charge in [-0.1, -0.05) is 57.5 Å². The van der Waals surface area contributed by atoms with Crippen LogP contribution in [0.15, 0.2) is 36.4 Å². The molecule has 1 aromatic carbocycles. The average Bonchev–Trinajstić information content (AvgIpc) is 2.46. The van der Waals surface area contributed by atoms with Crippen LogP contribution in [0.3, 0.4) is 0 Å². The van der Waals surface area contributed by atoms with E-state index in [-0.39, 0.29) is 12.1 Å². The summed E-state index contributed by atoms with van der Waals surface area (Å²) in [5.41, 5.74) is 1.02. The van der Waals surface area contributed by atoms with Crippen LogP contribution in [0.2, 0.25) is 0 Å². The second kappa shape index (κ2) is 7.44. The minimum absolute atomic E-state index is 0.0710. The van der Waals surface area contributed by atoms with Gasteiger partial charge in [-0.25, -0.2) is 4.79 Å². The summed E-state index contributed by atoms with van der Waals surface area (Å²) in [6.07, 6.45) is 6.84. The van der Waals surface area contributed by atoms with Gasteiger partial charge in [-0.15, -0.1) is 0 Å². The molecule has 1 fully saturated rings. The predicted molar refractivity (Wildman–Crippen MR) is 86.7 cm³/mol. The molecule has 0 bridgehead atoms. The number of esters is 1. The van der Waals surface area contributed by atoms with E-state index in [2.05, 4.69) is 20.8 Å². The maximum Gasteiger partial charge on any atom is 0.331 e. The third kappa shape index (κ3) is 4.73. The van der Waals surface area contributed by atoms with Crippen molar-refractivity contribution in [3.8, 4) is 0 Å². The fourth-order valence-electron chi connectivity index (χ4n) is 3.17. The molecule has 114 valence electrons. The van der Waals surface area contributed by atoms with Gasteiger partial charge in [0, 0.05) is 6.08 Å². The Balaban J connectivity index is 1.95. The van der Waals surface area contributed by atoms with Crippen molar-refractivity contribution in [2.45, 2.75) is 46.1 Å². The second-order valence-electron chi connectivity index (χ2n) is 6.55. The lowest BCUT2D eigenvalue weighted by Gasteiger charge is -2.36. The Kier molecular flexibility index (Phi) is 5.60. The zero-order valence-corrected chi connectivity index (χ0v) is 13.3. The second-order valence-corrected chi connectivity index (χ2v) is 6.55. The highest BCUT2D eigenvalue weighted by Gasteiger charge is 2.32. The van der Waals surface area contributed by atoms with Gasteiger partial charge in [0.1, 0.15) is 6.10 Å². The molecule has 0 aromatic heterocycles. The largest absolute Gasteiger partial charge is 0.459 e. The number of benzene rings is 1. The molecule has 2 rings (SSSR count). The first-order chi connectivity index (χ1) is 10.1. The highest BCUT2D eigenvalue weighted by molar-refractivity contribution is 5.87. The molecule has 0 spiro atoms. The Hall–Kier alpha value is -1.57. The van der Waals surface area contributed by atoms with Crippen molar-refractivity contribution in [3.05, 3.63) is 42.0 Å². The van der Waals surface area contributed by atoms with Gasteiger partial charge in [-0.05, 0) is 42.2 Å². The SMILES string of the molecule is CC1CCC(C(C)C)C(OC(=O)/C=C/c2ccccc2)C1. The van der Waals surface area contributed by atoms with Crippen molar-refractivity contribution in [1.29, 1.82) is 0 Å². The minimum Gasteiger partial charge on any atom is -0.459 e. The molecule has 0 radical (unpaired) electrons. The lowest BCUT2D eigenvalue weighted by atomic mass is 9.75. The number of hydrogen-bond donors (Lipinski definition) is 0. The Morgan fingerprint density at radius 1 is 1.24 bits per heavy atom. The monoisotopic (exact) mass is 286 g/mol. The number of carbonyl (C=O) groups is 1. The highest BCUT2D eigenvalue weighted by Crippen LogP contribution is 2.35. The highest BCUT2D eigenvalue weighted by atomic mass is 16.5. The Morgan fingerprint density at radius 2 is 1.95 bits per heavy atom. The predicted octanol–water partition coefficient (Wildman–Crippen LogP) is 4.70. The van der Waals surface area contributed by atoms with Crippen LogP contribution >= 0.6 is 0 Å². The van der Waals surface area contributed by atoms with Crippen LogP contribution in [0.25, 0.3) is 6.08 Å². The van der Waals surface area contributed by atoms with E-state index in [0.29, 0.717) is 17.8 Å². The minimum atomic E-state index is -0.219. The standard InChI is InChI=1S/C19H26O2/c1-14(2)17-11-9-15(3)13-18(17)21-19(20)12-10-16-7-5-4-6-8-16/h4-8,10,12,14-15,17-18H,9,11,13H2,1-3H3/b12-10+. The van der Waals surface area contributed by atoms with Crippen molar-refractivity contribution in [2.75, 3.05) is 0 Å². The lowest BCUT2D eigenvalue weighted by molar-refractivity contribution is -0.149. The molecule has 21 heavy (non-hydrogen) atoms. The van der Waals surface area contributed by atoms with E-state index in [1.807, 2.05) is 36.4 Å². The van der Waals surface area contributed by atoms with Crippen LogP contribution in [0.1, 0.15) is 45.6 Å². The van der Waals surface area contributed by atoms with Crippen LogP contribution in [0.4, 0.5) is 0 Å². The van der Waals surface area contributed by atoms with Gasteiger partial charge in [0.05, 0.1) is 0 Å². The molecule has 0 amide bonds. The van der Waals surface area contributed by atoms with Gasteiger partial charge in [0.15, 0.2) is 0 Å². The molecule has 0 aliphatic heterocycles. The van der Waals surface area contributed by atoms with Crippen molar-refractivity contribution in [3.63, 3.8) is 0 Å². The van der Waals surface area contributed by atoms with Crippen LogP contribution in [0.5, 0.6) is 0 Å². The van der Waals surface area contributed by atoms with Gasteiger partial charge in [0.25, 0.3) is 0 Å². The van der Waals surface area contributed by atoms with E-state index in [4.69, 9.17) is 4.74 Å². The van der Waals surface area contributed by atoms with Crippen molar-refractivity contribution in [1.82, 2.24) is 0 Å². The molecule has 1 aliphatic carbocycles. The van der Waals surface area contributed by atoms with Crippen molar-refractivity contribution >= 4 is 12.0 Å². The molecule has 1 saturated carbocycles. The third-order valence-electron chi connectivity index (χ3n) is 4.44. The maximum atomic E-state index is 12.1. The number of ether oxygens (including phenoxy) is 1. The summed E-state index contributed by atoms with van der Waals surface area (Å²) in [6, 6.07) is 9.84. The lowest BCUT2D eigenvalue weighted by Crippen LogP contribution is -2.35. The zero-order valence-electron chi connectivity index (χ0n) is 13.3. The summed E-state index contributed by atoms with van der Waals surface area (Å²) >= 11 is 0. The van der Waals surface area contributed by atoms with Crippen LogP contribution in [0, 0.1) is 17.8 Å². The fraction of sp³-hybridized carbons (Fsp3) is 0.526. The van der Waals surface area contributed by atoms with E-state index in [0.717, 1.165) is 12.0 Å². The van der Waals surface area contributed by atoms with Crippen molar-refractivity contribution in [2.24, 2.45) is 17.8 Å². The van der Waals surface area contributed by atoms with Gasteiger partial charge >= 0.3 is 5.97 Å². The summed E-state index contributed by atoms with van der Waals surface area (Å²) in [4.78, 5) is 12.1. The molecule has 0 saturated heterocycles. The molecule has 3 unspecified atom stereocenters. The van der Waals surface area contributed by atoms with E-state index >= 15 is 0 Å². The van der Waals surface area contributed by atoms with Crippen LogP contribution in [-0.4, -0.2) is 12.1 Å². The summed E-state index contributed by atoms with van der Waals surface area (Å²) in [5.74, 6) is 1.49. The normalized spacial score (nSPS) is 26.2. The molecule has 1 aromatic rings. The molecular formula is C19H26O2. The molecular weight excluding hydrogens is 260 g/mol.